The van der Waals surface area contributed by atoms with Crippen LogP contribution in [0.15, 0.2) is 0 Å². The van der Waals surface area contributed by atoms with Crippen molar-refractivity contribution in [2.75, 3.05) is 0 Å². The summed E-state index contributed by atoms with van der Waals surface area (Å²) in [6.07, 6.45) is 13.1. The average Bonchev–Trinajstić information content (AvgIpc) is 2.75. The van der Waals surface area contributed by atoms with E-state index in [9.17, 15) is 5.11 Å². The van der Waals surface area contributed by atoms with E-state index < -0.39 is 0 Å². The van der Waals surface area contributed by atoms with Gasteiger partial charge in [-0.2, -0.15) is 0 Å². The van der Waals surface area contributed by atoms with E-state index in [1.54, 1.807) is 0 Å². The van der Waals surface area contributed by atoms with Crippen molar-refractivity contribution in [3.05, 3.63) is 0 Å². The Balaban J connectivity index is 1.59. The van der Waals surface area contributed by atoms with Crippen LogP contribution in [0, 0.1) is 34.0 Å². The first kappa shape index (κ1) is 8.96. The third kappa shape index (κ3) is 0.601. The Hall–Kier alpha value is -0.0400. The van der Waals surface area contributed by atoms with Gasteiger partial charge in [0.15, 0.2) is 0 Å². The summed E-state index contributed by atoms with van der Waals surface area (Å²) in [5, 5.41) is 11.0. The predicted octanol–water partition coefficient (Wildman–Crippen LogP) is 3.12. The van der Waals surface area contributed by atoms with Crippen LogP contribution in [-0.4, -0.2) is 10.7 Å². The van der Waals surface area contributed by atoms with Crippen LogP contribution in [0.2, 0.25) is 0 Å². The van der Waals surface area contributed by atoms with Gasteiger partial charge in [-0.05, 0) is 74.0 Å². The lowest BCUT2D eigenvalue weighted by Crippen LogP contribution is -2.56. The van der Waals surface area contributed by atoms with Gasteiger partial charge in [0.2, 0.25) is 0 Å². The summed E-state index contributed by atoms with van der Waals surface area (Å²) < 4.78 is 0. The molecule has 0 aromatic heterocycles. The number of hydrogen-bond acceptors (Lipinski definition) is 1. The molecule has 6 aliphatic rings. The fourth-order valence-corrected chi connectivity index (χ4v) is 8.58. The van der Waals surface area contributed by atoms with E-state index in [0.717, 1.165) is 23.2 Å². The number of hydrogen-bond donors (Lipinski definition) is 1. The van der Waals surface area contributed by atoms with Crippen LogP contribution < -0.4 is 0 Å². The molecule has 0 radical (unpaired) electrons. The molecule has 1 N–H and O–H groups in total. The lowest BCUT2D eigenvalue weighted by molar-refractivity contribution is -0.153. The quantitative estimate of drug-likeness (QED) is 0.678. The fourth-order valence-electron chi connectivity index (χ4n) is 8.58. The predicted molar refractivity (Wildman–Crippen MR) is 64.3 cm³/mol. The molecular formula is C16H22O. The summed E-state index contributed by atoms with van der Waals surface area (Å²) in [5.74, 6) is 2.65. The highest BCUT2D eigenvalue weighted by Crippen LogP contribution is 2.96. The summed E-state index contributed by atoms with van der Waals surface area (Å²) in [6, 6.07) is 0. The van der Waals surface area contributed by atoms with Crippen LogP contribution in [0.25, 0.3) is 0 Å². The van der Waals surface area contributed by atoms with E-state index in [-0.39, 0.29) is 5.60 Å². The zero-order valence-corrected chi connectivity index (χ0v) is 10.5. The average molecular weight is 230 g/mol. The van der Waals surface area contributed by atoms with E-state index in [2.05, 4.69) is 0 Å². The van der Waals surface area contributed by atoms with Gasteiger partial charge in [-0.15, -0.1) is 0 Å². The van der Waals surface area contributed by atoms with Gasteiger partial charge in [0.05, 0.1) is 5.60 Å². The summed E-state index contributed by atoms with van der Waals surface area (Å²) in [5.41, 5.74) is 1.73. The van der Waals surface area contributed by atoms with Gasteiger partial charge in [-0.3, -0.25) is 0 Å². The molecule has 2 bridgehead atoms. The van der Waals surface area contributed by atoms with E-state index in [1.165, 1.54) is 57.8 Å². The highest BCUT2D eigenvalue weighted by Gasteiger charge is 2.96. The first-order valence-electron chi connectivity index (χ1n) is 7.88. The van der Waals surface area contributed by atoms with Gasteiger partial charge >= 0.3 is 0 Å². The molecule has 0 aliphatic heterocycles. The molecule has 0 saturated heterocycles. The first-order chi connectivity index (χ1) is 8.15. The lowest BCUT2D eigenvalue weighted by atomic mass is 9.48. The van der Waals surface area contributed by atoms with Crippen molar-refractivity contribution in [3.8, 4) is 0 Å². The molecule has 1 spiro atoms. The first-order valence-corrected chi connectivity index (χ1v) is 7.88. The third-order valence-corrected chi connectivity index (χ3v) is 8.65. The Morgan fingerprint density at radius 3 is 2.71 bits per heavy atom. The molecule has 0 aromatic rings. The SMILES string of the molecule is OC12CC3CC4CC56CCCC(CC5)(C6)C1C432. The van der Waals surface area contributed by atoms with Gasteiger partial charge in [0.1, 0.15) is 0 Å². The molecule has 0 aromatic carbocycles. The number of rotatable bonds is 0. The number of fused-ring (bicyclic) bond motifs is 1. The second-order valence-electron chi connectivity index (χ2n) is 8.72. The zero-order chi connectivity index (χ0) is 11.1. The van der Waals surface area contributed by atoms with Crippen LogP contribution in [0.4, 0.5) is 0 Å². The van der Waals surface area contributed by atoms with Crippen LogP contribution >= 0.6 is 0 Å². The third-order valence-electron chi connectivity index (χ3n) is 8.65. The van der Waals surface area contributed by atoms with Crippen LogP contribution in [0.5, 0.6) is 0 Å². The van der Waals surface area contributed by atoms with Gasteiger partial charge in [-0.1, -0.05) is 6.42 Å². The Labute approximate surface area is 103 Å². The van der Waals surface area contributed by atoms with Crippen molar-refractivity contribution in [3.63, 3.8) is 0 Å². The standard InChI is InChI=1S/C16H22O/c17-15-8-11-6-10-7-13-2-1-3-14(9-13,5-4-13)12(15)16(10,11)15/h10-12,17H,1-9H2. The van der Waals surface area contributed by atoms with E-state index in [4.69, 9.17) is 0 Å². The molecule has 7 unspecified atom stereocenters. The molecule has 6 aliphatic carbocycles. The Bertz CT molecular complexity index is 458. The van der Waals surface area contributed by atoms with Crippen molar-refractivity contribution in [2.24, 2.45) is 34.0 Å². The number of aliphatic hydroxyl groups is 1. The highest BCUT2D eigenvalue weighted by atomic mass is 16.3. The van der Waals surface area contributed by atoms with E-state index in [1.807, 2.05) is 0 Å². The maximum atomic E-state index is 11.0. The minimum atomic E-state index is -0.144. The maximum Gasteiger partial charge on any atom is 0.0755 e. The Kier molecular flexibility index (Phi) is 1.07. The molecular weight excluding hydrogens is 208 g/mol. The normalized spacial score (nSPS) is 77.1. The van der Waals surface area contributed by atoms with Crippen molar-refractivity contribution in [2.45, 2.75) is 63.4 Å². The second kappa shape index (κ2) is 2.03. The monoisotopic (exact) mass is 230 g/mol. The van der Waals surface area contributed by atoms with Crippen molar-refractivity contribution in [1.82, 2.24) is 0 Å². The minimum absolute atomic E-state index is 0.144. The lowest BCUT2D eigenvalue weighted by Gasteiger charge is -2.58. The van der Waals surface area contributed by atoms with Gasteiger partial charge in [-0.25, -0.2) is 0 Å². The molecule has 92 valence electrons. The van der Waals surface area contributed by atoms with Gasteiger partial charge in [0.25, 0.3) is 0 Å². The fraction of sp³-hybridized carbons (Fsp3) is 1.00. The largest absolute Gasteiger partial charge is 0.389 e. The molecule has 6 saturated carbocycles. The summed E-state index contributed by atoms with van der Waals surface area (Å²) in [6.45, 7) is 0. The van der Waals surface area contributed by atoms with Crippen LogP contribution in [0.1, 0.15) is 57.8 Å². The summed E-state index contributed by atoms with van der Waals surface area (Å²) >= 11 is 0. The minimum Gasteiger partial charge on any atom is -0.389 e. The van der Waals surface area contributed by atoms with Crippen molar-refractivity contribution >= 4 is 0 Å². The molecule has 6 rings (SSSR count). The molecule has 7 atom stereocenters. The maximum absolute atomic E-state index is 11.0. The summed E-state index contributed by atoms with van der Waals surface area (Å²) in [4.78, 5) is 0. The van der Waals surface area contributed by atoms with E-state index >= 15 is 0 Å². The second-order valence-corrected chi connectivity index (χ2v) is 8.72. The molecule has 17 heavy (non-hydrogen) atoms. The van der Waals surface area contributed by atoms with Gasteiger partial charge in [0, 0.05) is 11.3 Å². The molecule has 0 heterocycles. The highest BCUT2D eigenvalue weighted by molar-refractivity contribution is 5.44. The van der Waals surface area contributed by atoms with Gasteiger partial charge < -0.3 is 5.11 Å². The molecule has 1 nitrogen and oxygen atoms in total. The zero-order valence-electron chi connectivity index (χ0n) is 10.5. The Morgan fingerprint density at radius 2 is 1.82 bits per heavy atom. The molecule has 1 heteroatoms. The van der Waals surface area contributed by atoms with E-state index in [0.29, 0.717) is 10.8 Å². The molecule has 0 amide bonds. The summed E-state index contributed by atoms with van der Waals surface area (Å²) in [7, 11) is 0. The Morgan fingerprint density at radius 1 is 0.941 bits per heavy atom. The van der Waals surface area contributed by atoms with Crippen molar-refractivity contribution in [1.29, 1.82) is 0 Å². The van der Waals surface area contributed by atoms with Crippen LogP contribution in [-0.2, 0) is 0 Å². The smallest absolute Gasteiger partial charge is 0.0755 e. The molecule has 6 fully saturated rings. The topological polar surface area (TPSA) is 20.2 Å². The van der Waals surface area contributed by atoms with Crippen molar-refractivity contribution < 1.29 is 5.11 Å². The van der Waals surface area contributed by atoms with Crippen LogP contribution in [0.3, 0.4) is 0 Å².